The van der Waals surface area contributed by atoms with Crippen LogP contribution in [0.4, 0.5) is 5.82 Å². The predicted molar refractivity (Wildman–Crippen MR) is 131 cm³/mol. The molecular formula is C26H23N7O2. The molecule has 2 aromatic carbocycles. The summed E-state index contributed by atoms with van der Waals surface area (Å²) in [7, 11) is 0. The van der Waals surface area contributed by atoms with Gasteiger partial charge in [0.05, 0.1) is 23.6 Å². The molecule has 0 aliphatic carbocycles. The van der Waals surface area contributed by atoms with Gasteiger partial charge in [-0.15, -0.1) is 0 Å². The highest BCUT2D eigenvalue weighted by atomic mass is 16.5. The Morgan fingerprint density at radius 3 is 2.80 bits per heavy atom. The molecule has 3 aromatic heterocycles. The molecule has 0 spiro atoms. The molecule has 0 radical (unpaired) electrons. The normalized spacial score (nSPS) is 15.9. The van der Waals surface area contributed by atoms with Crippen LogP contribution < -0.4 is 10.5 Å². The molecule has 5 aromatic rings. The zero-order valence-corrected chi connectivity index (χ0v) is 19.0. The Bertz CT molecular complexity index is 1560. The molecule has 1 aliphatic rings. The fraction of sp³-hybridized carbons (Fsp3) is 0.231. The van der Waals surface area contributed by atoms with Gasteiger partial charge in [0, 0.05) is 12.0 Å². The monoisotopic (exact) mass is 465 g/mol. The molecule has 1 saturated heterocycles. The summed E-state index contributed by atoms with van der Waals surface area (Å²) < 4.78 is 15.5. The minimum Gasteiger partial charge on any atom is -0.472 e. The van der Waals surface area contributed by atoms with Gasteiger partial charge in [0.25, 0.3) is 0 Å². The number of rotatable bonds is 5. The standard InChI is InChI=1S/C26H23N7O2/c27-13-18-24-26(29-15-22(31-24)35-16-17-7-2-1-3-8-17)32(25(18)28)20-9-6-10-21-19(20)14-30-33(21)23-11-4-5-12-34-23/h1-3,6-10,14-15,23H,4-5,11-12,16,28H2. The number of anilines is 1. The number of fused-ring (bicyclic) bond motifs is 2. The van der Waals surface area contributed by atoms with Gasteiger partial charge in [-0.2, -0.15) is 10.4 Å². The number of ether oxygens (including phenoxy) is 2. The highest BCUT2D eigenvalue weighted by Gasteiger charge is 2.23. The maximum absolute atomic E-state index is 9.88. The molecule has 1 aliphatic heterocycles. The van der Waals surface area contributed by atoms with E-state index in [9.17, 15) is 5.26 Å². The Balaban J connectivity index is 1.43. The van der Waals surface area contributed by atoms with Gasteiger partial charge in [-0.25, -0.2) is 14.6 Å². The maximum Gasteiger partial charge on any atom is 0.233 e. The lowest BCUT2D eigenvalue weighted by atomic mass is 10.1. The maximum atomic E-state index is 9.88. The number of nitrogens with zero attached hydrogens (tertiary/aromatic N) is 6. The third-order valence-corrected chi connectivity index (χ3v) is 6.31. The van der Waals surface area contributed by atoms with Crippen molar-refractivity contribution < 1.29 is 9.47 Å². The molecular weight excluding hydrogens is 442 g/mol. The van der Waals surface area contributed by atoms with Crippen molar-refractivity contribution in [2.45, 2.75) is 32.1 Å². The number of nitriles is 1. The van der Waals surface area contributed by atoms with E-state index in [1.807, 2.05) is 59.4 Å². The van der Waals surface area contributed by atoms with Gasteiger partial charge in [-0.1, -0.05) is 36.4 Å². The van der Waals surface area contributed by atoms with E-state index in [-0.39, 0.29) is 17.6 Å². The third kappa shape index (κ3) is 3.64. The van der Waals surface area contributed by atoms with Crippen molar-refractivity contribution in [3.05, 3.63) is 72.1 Å². The minimum absolute atomic E-state index is 0.0889. The summed E-state index contributed by atoms with van der Waals surface area (Å²) in [6.45, 7) is 1.08. The van der Waals surface area contributed by atoms with E-state index in [1.54, 1.807) is 10.8 Å². The van der Waals surface area contributed by atoms with E-state index in [0.717, 1.165) is 48.0 Å². The van der Waals surface area contributed by atoms with Gasteiger partial charge in [0.2, 0.25) is 5.88 Å². The Morgan fingerprint density at radius 1 is 1.11 bits per heavy atom. The second-order valence-electron chi connectivity index (χ2n) is 8.48. The van der Waals surface area contributed by atoms with Gasteiger partial charge < -0.3 is 15.2 Å². The Labute approximate surface area is 201 Å². The van der Waals surface area contributed by atoms with Gasteiger partial charge in [-0.3, -0.25) is 4.57 Å². The number of nitrogens with two attached hydrogens (primary N) is 1. The minimum atomic E-state index is -0.0889. The Kier molecular flexibility index (Phi) is 5.28. The number of aromatic nitrogens is 5. The summed E-state index contributed by atoms with van der Waals surface area (Å²) in [5.74, 6) is 0.604. The number of hydrogen-bond acceptors (Lipinski definition) is 7. The van der Waals surface area contributed by atoms with Crippen LogP contribution in [0.3, 0.4) is 0 Å². The van der Waals surface area contributed by atoms with Crippen molar-refractivity contribution in [3.63, 3.8) is 0 Å². The fourth-order valence-corrected chi connectivity index (χ4v) is 4.60. The molecule has 0 saturated carbocycles. The Morgan fingerprint density at radius 2 is 2.00 bits per heavy atom. The van der Waals surface area contributed by atoms with Crippen molar-refractivity contribution in [2.75, 3.05) is 12.3 Å². The summed E-state index contributed by atoms with van der Waals surface area (Å²) in [5, 5.41) is 15.4. The summed E-state index contributed by atoms with van der Waals surface area (Å²) in [4.78, 5) is 9.17. The Hall–Kier alpha value is -4.42. The molecule has 4 heterocycles. The van der Waals surface area contributed by atoms with E-state index in [0.29, 0.717) is 23.7 Å². The number of nitrogen functional groups attached to an aromatic ring is 1. The quantitative estimate of drug-likeness (QED) is 0.406. The summed E-state index contributed by atoms with van der Waals surface area (Å²) in [5.41, 5.74) is 10.4. The molecule has 1 fully saturated rings. The average molecular weight is 466 g/mol. The SMILES string of the molecule is N#Cc1c(N)n(-c2cccc3c2cnn3C2CCCCO2)c2ncc(OCc3ccccc3)nc12. The molecule has 1 unspecified atom stereocenters. The molecule has 6 rings (SSSR count). The van der Waals surface area contributed by atoms with Crippen molar-refractivity contribution in [1.82, 2.24) is 24.3 Å². The first kappa shape index (κ1) is 21.1. The van der Waals surface area contributed by atoms with Crippen LogP contribution in [0, 0.1) is 11.3 Å². The fourth-order valence-electron chi connectivity index (χ4n) is 4.60. The van der Waals surface area contributed by atoms with Gasteiger partial charge in [0.1, 0.15) is 29.6 Å². The lowest BCUT2D eigenvalue weighted by molar-refractivity contribution is -0.0366. The van der Waals surface area contributed by atoms with Crippen LogP contribution in [0.5, 0.6) is 5.88 Å². The molecule has 174 valence electrons. The molecule has 1 atom stereocenters. The van der Waals surface area contributed by atoms with Gasteiger partial charge in [-0.05, 0) is 37.0 Å². The van der Waals surface area contributed by atoms with E-state index >= 15 is 0 Å². The smallest absolute Gasteiger partial charge is 0.233 e. The van der Waals surface area contributed by atoms with E-state index in [4.69, 9.17) is 15.2 Å². The molecule has 35 heavy (non-hydrogen) atoms. The van der Waals surface area contributed by atoms with E-state index in [1.165, 1.54) is 0 Å². The van der Waals surface area contributed by atoms with Crippen LogP contribution in [-0.4, -0.2) is 30.9 Å². The third-order valence-electron chi connectivity index (χ3n) is 6.31. The largest absolute Gasteiger partial charge is 0.472 e. The van der Waals surface area contributed by atoms with Gasteiger partial charge in [0.15, 0.2) is 11.9 Å². The van der Waals surface area contributed by atoms with Crippen molar-refractivity contribution in [1.29, 1.82) is 5.26 Å². The highest BCUT2D eigenvalue weighted by Crippen LogP contribution is 2.34. The van der Waals surface area contributed by atoms with Crippen LogP contribution in [0.25, 0.3) is 27.8 Å². The molecule has 9 heteroatoms. The summed E-state index contributed by atoms with van der Waals surface area (Å²) in [6, 6.07) is 17.9. The number of benzene rings is 2. The zero-order valence-electron chi connectivity index (χ0n) is 19.0. The van der Waals surface area contributed by atoms with Crippen molar-refractivity contribution in [3.8, 4) is 17.6 Å². The lowest BCUT2D eigenvalue weighted by Gasteiger charge is -2.23. The van der Waals surface area contributed by atoms with Crippen LogP contribution in [0.2, 0.25) is 0 Å². The second-order valence-corrected chi connectivity index (χ2v) is 8.48. The zero-order chi connectivity index (χ0) is 23.8. The molecule has 2 N–H and O–H groups in total. The first-order chi connectivity index (χ1) is 17.2. The van der Waals surface area contributed by atoms with Crippen LogP contribution in [0.1, 0.15) is 36.6 Å². The molecule has 0 amide bonds. The summed E-state index contributed by atoms with van der Waals surface area (Å²) >= 11 is 0. The first-order valence-corrected chi connectivity index (χ1v) is 11.6. The number of hydrogen-bond donors (Lipinski definition) is 1. The van der Waals surface area contributed by atoms with E-state index < -0.39 is 0 Å². The van der Waals surface area contributed by atoms with Crippen LogP contribution in [-0.2, 0) is 11.3 Å². The topological polar surface area (TPSA) is 117 Å². The van der Waals surface area contributed by atoms with E-state index in [2.05, 4.69) is 21.1 Å². The van der Waals surface area contributed by atoms with Crippen LogP contribution in [0.15, 0.2) is 60.9 Å². The lowest BCUT2D eigenvalue weighted by Crippen LogP contribution is -2.18. The predicted octanol–water partition coefficient (Wildman–Crippen LogP) is 4.50. The van der Waals surface area contributed by atoms with Crippen molar-refractivity contribution >= 4 is 27.9 Å². The van der Waals surface area contributed by atoms with Gasteiger partial charge >= 0.3 is 0 Å². The summed E-state index contributed by atoms with van der Waals surface area (Å²) in [6.07, 6.45) is 6.38. The average Bonchev–Trinajstić information content (AvgIpc) is 3.46. The first-order valence-electron chi connectivity index (χ1n) is 11.6. The van der Waals surface area contributed by atoms with Crippen LogP contribution >= 0.6 is 0 Å². The molecule has 9 nitrogen and oxygen atoms in total. The molecule has 0 bridgehead atoms. The van der Waals surface area contributed by atoms with Crippen molar-refractivity contribution in [2.24, 2.45) is 0 Å². The second kappa shape index (κ2) is 8.74. The highest BCUT2D eigenvalue weighted by molar-refractivity contribution is 5.94.